The summed E-state index contributed by atoms with van der Waals surface area (Å²) in [5.74, 6) is -1.22. The quantitative estimate of drug-likeness (QED) is 0.781. The summed E-state index contributed by atoms with van der Waals surface area (Å²) in [6.07, 6.45) is 1.02. The number of nitrogens with one attached hydrogen (secondary N) is 1. The third kappa shape index (κ3) is 5.40. The van der Waals surface area contributed by atoms with E-state index in [2.05, 4.69) is 11.4 Å². The van der Waals surface area contributed by atoms with Crippen LogP contribution in [0, 0.1) is 23.2 Å². The number of thioether (sulfide) groups is 1. The molecule has 7 heteroatoms. The molecule has 1 aliphatic heterocycles. The number of hydrogen-bond donors (Lipinski definition) is 2. The van der Waals surface area contributed by atoms with Gasteiger partial charge in [-0.1, -0.05) is 26.0 Å². The van der Waals surface area contributed by atoms with E-state index in [1.807, 2.05) is 38.1 Å². The number of rotatable bonds is 5. The molecule has 2 rings (SSSR count). The molecule has 0 radical (unpaired) electrons. The maximum absolute atomic E-state index is 12.6. The van der Waals surface area contributed by atoms with E-state index in [4.69, 9.17) is 5.26 Å². The standard InChI is InChI=1S/C18H23N3O3S/c1-12-9-14(17(22)23)11-21(10-12)18(24)20-15-5-3-4-6-16(15)25-13(2)7-8-19/h3-6,12-14H,7,9-11H2,1-2H3,(H,20,24)(H,22,23). The number of hydrogen-bond acceptors (Lipinski definition) is 4. The maximum Gasteiger partial charge on any atom is 0.321 e. The second kappa shape index (κ2) is 8.77. The summed E-state index contributed by atoms with van der Waals surface area (Å²) in [5, 5.41) is 21.1. The first-order chi connectivity index (χ1) is 11.9. The smallest absolute Gasteiger partial charge is 0.321 e. The highest BCUT2D eigenvalue weighted by Gasteiger charge is 2.32. The normalized spacial score (nSPS) is 21.2. The van der Waals surface area contributed by atoms with Crippen LogP contribution in [0.5, 0.6) is 0 Å². The number of benzene rings is 1. The molecule has 0 spiro atoms. The van der Waals surface area contributed by atoms with Crippen molar-refractivity contribution in [1.82, 2.24) is 4.90 Å². The van der Waals surface area contributed by atoms with Crippen LogP contribution < -0.4 is 5.32 Å². The third-order valence-electron chi connectivity index (χ3n) is 4.13. The van der Waals surface area contributed by atoms with Crippen LogP contribution in [0.3, 0.4) is 0 Å². The Kier molecular flexibility index (Phi) is 6.71. The molecule has 6 nitrogen and oxygen atoms in total. The summed E-state index contributed by atoms with van der Waals surface area (Å²) in [6.45, 7) is 4.71. The molecule has 1 fully saturated rings. The van der Waals surface area contributed by atoms with Gasteiger partial charge in [-0.15, -0.1) is 11.8 Å². The Labute approximate surface area is 152 Å². The molecule has 1 aromatic rings. The fourth-order valence-corrected chi connectivity index (χ4v) is 3.94. The molecule has 0 bridgehead atoms. The molecular weight excluding hydrogens is 338 g/mol. The molecule has 3 unspecified atom stereocenters. The predicted molar refractivity (Wildman–Crippen MR) is 97.5 cm³/mol. The van der Waals surface area contributed by atoms with Gasteiger partial charge in [-0.25, -0.2) is 4.79 Å². The van der Waals surface area contributed by atoms with E-state index >= 15 is 0 Å². The summed E-state index contributed by atoms with van der Waals surface area (Å²) in [4.78, 5) is 26.4. The number of carbonyl (C=O) groups is 2. The molecule has 0 aliphatic carbocycles. The van der Waals surface area contributed by atoms with Gasteiger partial charge in [0.1, 0.15) is 0 Å². The first-order valence-electron chi connectivity index (χ1n) is 8.32. The number of carboxylic acids is 1. The summed E-state index contributed by atoms with van der Waals surface area (Å²) < 4.78 is 0. The number of anilines is 1. The minimum atomic E-state index is -0.856. The second-order valence-electron chi connectivity index (χ2n) is 6.50. The molecule has 134 valence electrons. The first-order valence-corrected chi connectivity index (χ1v) is 9.20. The Bertz CT molecular complexity index is 674. The van der Waals surface area contributed by atoms with E-state index in [1.54, 1.807) is 4.90 Å². The Morgan fingerprint density at radius 3 is 2.84 bits per heavy atom. The topological polar surface area (TPSA) is 93.4 Å². The molecule has 0 aromatic heterocycles. The van der Waals surface area contributed by atoms with Gasteiger partial charge >= 0.3 is 12.0 Å². The Morgan fingerprint density at radius 1 is 1.44 bits per heavy atom. The zero-order chi connectivity index (χ0) is 18.4. The Balaban J connectivity index is 2.07. The summed E-state index contributed by atoms with van der Waals surface area (Å²) >= 11 is 1.54. The number of likely N-dealkylation sites (tertiary alicyclic amines) is 1. The van der Waals surface area contributed by atoms with Gasteiger partial charge in [0, 0.05) is 29.7 Å². The number of amides is 2. The Morgan fingerprint density at radius 2 is 2.16 bits per heavy atom. The van der Waals surface area contributed by atoms with Gasteiger partial charge < -0.3 is 15.3 Å². The van der Waals surface area contributed by atoms with E-state index < -0.39 is 11.9 Å². The van der Waals surface area contributed by atoms with Crippen LogP contribution in [-0.4, -0.2) is 40.3 Å². The largest absolute Gasteiger partial charge is 0.481 e. The van der Waals surface area contributed by atoms with Crippen molar-refractivity contribution in [2.45, 2.75) is 36.8 Å². The van der Waals surface area contributed by atoms with Crippen molar-refractivity contribution in [3.63, 3.8) is 0 Å². The van der Waals surface area contributed by atoms with E-state index in [0.717, 1.165) is 4.90 Å². The van der Waals surface area contributed by atoms with Crippen molar-refractivity contribution >= 4 is 29.4 Å². The lowest BCUT2D eigenvalue weighted by molar-refractivity contribution is -0.143. The summed E-state index contributed by atoms with van der Waals surface area (Å²) in [6, 6.07) is 9.33. The maximum atomic E-state index is 12.6. The zero-order valence-corrected chi connectivity index (χ0v) is 15.3. The van der Waals surface area contributed by atoms with Gasteiger partial charge in [0.2, 0.25) is 0 Å². The van der Waals surface area contributed by atoms with Crippen LogP contribution in [0.25, 0.3) is 0 Å². The summed E-state index contributed by atoms with van der Waals surface area (Å²) in [7, 11) is 0. The van der Waals surface area contributed by atoms with Crippen LogP contribution in [0.15, 0.2) is 29.2 Å². The second-order valence-corrected chi connectivity index (χ2v) is 7.98. The fraction of sp³-hybridized carbons (Fsp3) is 0.500. The molecule has 1 aliphatic rings. The Hall–Kier alpha value is -2.20. The number of carboxylic acid groups (broad SMARTS) is 1. The first kappa shape index (κ1) is 19.1. The number of urea groups is 1. The highest BCUT2D eigenvalue weighted by atomic mass is 32.2. The van der Waals surface area contributed by atoms with E-state index in [0.29, 0.717) is 25.1 Å². The number of carbonyl (C=O) groups excluding carboxylic acids is 1. The number of para-hydroxylation sites is 1. The highest BCUT2D eigenvalue weighted by Crippen LogP contribution is 2.32. The van der Waals surface area contributed by atoms with Gasteiger partial charge in [0.25, 0.3) is 0 Å². The molecule has 1 aromatic carbocycles. The average Bonchev–Trinajstić information content (AvgIpc) is 2.56. The van der Waals surface area contributed by atoms with Crippen LogP contribution in [0.1, 0.15) is 26.7 Å². The predicted octanol–water partition coefficient (Wildman–Crippen LogP) is 3.66. The molecule has 2 amide bonds. The molecule has 1 heterocycles. The van der Waals surface area contributed by atoms with Crippen molar-refractivity contribution in [3.8, 4) is 6.07 Å². The minimum Gasteiger partial charge on any atom is -0.481 e. The van der Waals surface area contributed by atoms with Crippen molar-refractivity contribution in [2.75, 3.05) is 18.4 Å². The van der Waals surface area contributed by atoms with Gasteiger partial charge in [-0.2, -0.15) is 5.26 Å². The van der Waals surface area contributed by atoms with Gasteiger partial charge in [0.15, 0.2) is 0 Å². The van der Waals surface area contributed by atoms with Crippen molar-refractivity contribution < 1.29 is 14.7 Å². The van der Waals surface area contributed by atoms with Crippen molar-refractivity contribution in [3.05, 3.63) is 24.3 Å². The molecule has 2 N–H and O–H groups in total. The number of piperidine rings is 1. The van der Waals surface area contributed by atoms with Crippen LogP contribution >= 0.6 is 11.8 Å². The van der Waals surface area contributed by atoms with E-state index in [9.17, 15) is 14.7 Å². The van der Waals surface area contributed by atoms with Crippen LogP contribution in [0.4, 0.5) is 10.5 Å². The molecule has 3 atom stereocenters. The van der Waals surface area contributed by atoms with Gasteiger partial charge in [-0.05, 0) is 24.5 Å². The average molecular weight is 361 g/mol. The van der Waals surface area contributed by atoms with Gasteiger partial charge in [-0.3, -0.25) is 4.79 Å². The molecule has 1 saturated heterocycles. The SMILES string of the molecule is CC1CC(C(=O)O)CN(C(=O)Nc2ccccc2SC(C)CC#N)C1. The van der Waals surface area contributed by atoms with Crippen LogP contribution in [-0.2, 0) is 4.79 Å². The fourth-order valence-electron chi connectivity index (χ4n) is 2.95. The lowest BCUT2D eigenvalue weighted by Gasteiger charge is -2.34. The van der Waals surface area contributed by atoms with E-state index in [-0.39, 0.29) is 23.7 Å². The minimum absolute atomic E-state index is 0.120. The molecule has 25 heavy (non-hydrogen) atoms. The monoisotopic (exact) mass is 361 g/mol. The summed E-state index contributed by atoms with van der Waals surface area (Å²) in [5.41, 5.74) is 0.687. The van der Waals surface area contributed by atoms with E-state index in [1.165, 1.54) is 11.8 Å². The van der Waals surface area contributed by atoms with Crippen molar-refractivity contribution in [1.29, 1.82) is 5.26 Å². The highest BCUT2D eigenvalue weighted by molar-refractivity contribution is 8.00. The van der Waals surface area contributed by atoms with Crippen molar-refractivity contribution in [2.24, 2.45) is 11.8 Å². The lowest BCUT2D eigenvalue weighted by Crippen LogP contribution is -2.47. The zero-order valence-electron chi connectivity index (χ0n) is 14.4. The van der Waals surface area contributed by atoms with Gasteiger partial charge in [0.05, 0.1) is 17.7 Å². The number of aliphatic carboxylic acids is 1. The molecular formula is C18H23N3O3S. The third-order valence-corrected chi connectivity index (χ3v) is 5.31. The lowest BCUT2D eigenvalue weighted by atomic mass is 9.91. The number of nitrogens with zero attached hydrogens (tertiary/aromatic N) is 2. The number of nitriles is 1. The molecule has 0 saturated carbocycles. The van der Waals surface area contributed by atoms with Crippen LogP contribution in [0.2, 0.25) is 0 Å².